The number of rotatable bonds is 10. The molecule has 2 aromatic carbocycles. The minimum absolute atomic E-state index is 0.570. The van der Waals surface area contributed by atoms with Crippen molar-refractivity contribution >= 4 is 6.08 Å². The van der Waals surface area contributed by atoms with Gasteiger partial charge in [-0.3, -0.25) is 4.90 Å². The molecule has 0 aliphatic carbocycles. The number of ether oxygens (including phenoxy) is 1. The summed E-state index contributed by atoms with van der Waals surface area (Å²) >= 11 is 0. The van der Waals surface area contributed by atoms with E-state index < -0.39 is 6.10 Å². The molecule has 168 valence electrons. The first-order valence-electron chi connectivity index (χ1n) is 11.2. The first-order valence-corrected chi connectivity index (χ1v) is 11.2. The number of nitrogens with zero attached hydrogens (tertiary/aromatic N) is 3. The predicted octanol–water partition coefficient (Wildman–Crippen LogP) is 3.59. The number of aliphatic hydroxyl groups is 1. The summed E-state index contributed by atoms with van der Waals surface area (Å²) in [6.45, 7) is 7.03. The number of nitrogens with two attached hydrogens (primary N) is 1. The Bertz CT molecular complexity index is 1000. The topological polar surface area (TPSA) is 76.5 Å². The summed E-state index contributed by atoms with van der Waals surface area (Å²) in [6, 6.07) is 16.8. The van der Waals surface area contributed by atoms with E-state index in [2.05, 4.69) is 58.4 Å². The van der Waals surface area contributed by atoms with E-state index in [1.807, 2.05) is 22.9 Å². The van der Waals surface area contributed by atoms with E-state index in [9.17, 15) is 5.11 Å². The molecule has 6 heteroatoms. The molecule has 0 amide bonds. The van der Waals surface area contributed by atoms with Crippen LogP contribution < -0.4 is 10.5 Å². The second-order valence-corrected chi connectivity index (χ2v) is 8.37. The lowest BCUT2D eigenvalue weighted by Gasteiger charge is -2.38. The quantitative estimate of drug-likeness (QED) is 0.512. The number of benzene rings is 2. The van der Waals surface area contributed by atoms with Crippen LogP contribution in [-0.4, -0.2) is 52.3 Å². The third-order valence-electron chi connectivity index (χ3n) is 5.87. The second-order valence-electron chi connectivity index (χ2n) is 8.37. The van der Waals surface area contributed by atoms with Gasteiger partial charge in [-0.2, -0.15) is 0 Å². The zero-order valence-electron chi connectivity index (χ0n) is 18.6. The van der Waals surface area contributed by atoms with E-state index >= 15 is 0 Å². The van der Waals surface area contributed by atoms with Crippen LogP contribution in [0.25, 0.3) is 17.2 Å². The van der Waals surface area contributed by atoms with Gasteiger partial charge in [0.05, 0.1) is 0 Å². The van der Waals surface area contributed by atoms with Gasteiger partial charge in [-0.1, -0.05) is 48.6 Å². The average Bonchev–Trinajstić information content (AvgIpc) is 3.25. The Labute approximate surface area is 190 Å². The Hall–Kier alpha value is -2.93. The van der Waals surface area contributed by atoms with Gasteiger partial charge >= 0.3 is 0 Å². The Kier molecular flexibility index (Phi) is 7.37. The lowest BCUT2D eigenvalue weighted by molar-refractivity contribution is 0.0875. The molecule has 1 fully saturated rings. The van der Waals surface area contributed by atoms with E-state index in [0.29, 0.717) is 24.9 Å². The molecule has 1 atom stereocenters. The van der Waals surface area contributed by atoms with Crippen molar-refractivity contribution in [2.75, 3.05) is 32.8 Å². The fraction of sp³-hybridized carbons (Fsp3) is 0.346. The number of likely N-dealkylation sites (tertiary alicyclic amines) is 1. The highest BCUT2D eigenvalue weighted by Gasteiger charge is 2.24. The molecule has 1 aromatic heterocycles. The summed E-state index contributed by atoms with van der Waals surface area (Å²) in [7, 11) is 0. The summed E-state index contributed by atoms with van der Waals surface area (Å²) in [5, 5.41) is 9.74. The third-order valence-corrected chi connectivity index (χ3v) is 5.87. The van der Waals surface area contributed by atoms with Gasteiger partial charge in [-0.05, 0) is 48.2 Å². The molecule has 1 saturated heterocycles. The Morgan fingerprint density at radius 2 is 1.81 bits per heavy atom. The molecule has 0 saturated carbocycles. The monoisotopic (exact) mass is 432 g/mol. The molecule has 0 radical (unpaired) electrons. The Morgan fingerprint density at radius 1 is 1.12 bits per heavy atom. The summed E-state index contributed by atoms with van der Waals surface area (Å²) in [6.07, 6.45) is 7.18. The standard InChI is InChI=1S/C26H32N4O2/c1-20(31)26-28-12-14-30(26)13-2-3-21-4-6-23(7-5-21)24-8-10-25(11-9-24)32-16-15-29-18-22(17-27)19-29/h2-12,14,20,22,31H,13,15-19,27H2,1H3/t20-/m0/s1. The first-order chi connectivity index (χ1) is 15.6. The van der Waals surface area contributed by atoms with E-state index in [1.165, 1.54) is 11.1 Å². The van der Waals surface area contributed by atoms with Crippen molar-refractivity contribution in [2.24, 2.45) is 11.7 Å². The molecule has 1 aliphatic rings. The maximum absolute atomic E-state index is 9.74. The zero-order chi connectivity index (χ0) is 22.3. The highest BCUT2D eigenvalue weighted by molar-refractivity contribution is 5.66. The van der Waals surface area contributed by atoms with Crippen molar-refractivity contribution < 1.29 is 9.84 Å². The molecule has 3 aromatic rings. The van der Waals surface area contributed by atoms with Crippen LogP contribution in [0.5, 0.6) is 5.75 Å². The second kappa shape index (κ2) is 10.6. The largest absolute Gasteiger partial charge is 0.492 e. The van der Waals surface area contributed by atoms with Gasteiger partial charge in [0.25, 0.3) is 0 Å². The molecular formula is C26H32N4O2. The summed E-state index contributed by atoms with van der Waals surface area (Å²) in [4.78, 5) is 6.57. The van der Waals surface area contributed by atoms with Crippen molar-refractivity contribution in [3.8, 4) is 16.9 Å². The summed E-state index contributed by atoms with van der Waals surface area (Å²) < 4.78 is 7.83. The number of imidazole rings is 1. The lowest BCUT2D eigenvalue weighted by atomic mass is 10.0. The molecule has 0 spiro atoms. The number of aliphatic hydroxyl groups excluding tert-OH is 1. The van der Waals surface area contributed by atoms with E-state index in [0.717, 1.165) is 37.5 Å². The van der Waals surface area contributed by atoms with Crippen molar-refractivity contribution in [3.05, 3.63) is 78.4 Å². The predicted molar refractivity (Wildman–Crippen MR) is 128 cm³/mol. The van der Waals surface area contributed by atoms with E-state index in [-0.39, 0.29) is 0 Å². The smallest absolute Gasteiger partial charge is 0.137 e. The third kappa shape index (κ3) is 5.65. The van der Waals surface area contributed by atoms with Crippen LogP contribution in [0.1, 0.15) is 24.4 Å². The van der Waals surface area contributed by atoms with Crippen LogP contribution in [-0.2, 0) is 6.54 Å². The molecular weight excluding hydrogens is 400 g/mol. The van der Waals surface area contributed by atoms with Crippen LogP contribution in [0, 0.1) is 5.92 Å². The van der Waals surface area contributed by atoms with Crippen molar-refractivity contribution in [3.63, 3.8) is 0 Å². The minimum Gasteiger partial charge on any atom is -0.492 e. The maximum Gasteiger partial charge on any atom is 0.137 e. The highest BCUT2D eigenvalue weighted by atomic mass is 16.5. The fourth-order valence-electron chi connectivity index (χ4n) is 3.98. The molecule has 32 heavy (non-hydrogen) atoms. The van der Waals surface area contributed by atoms with Crippen LogP contribution in [0.4, 0.5) is 0 Å². The van der Waals surface area contributed by atoms with Crippen LogP contribution in [0.15, 0.2) is 67.0 Å². The zero-order valence-corrected chi connectivity index (χ0v) is 18.6. The Morgan fingerprint density at radius 3 is 2.47 bits per heavy atom. The molecule has 6 nitrogen and oxygen atoms in total. The molecule has 0 bridgehead atoms. The van der Waals surface area contributed by atoms with Gasteiger partial charge < -0.3 is 20.1 Å². The van der Waals surface area contributed by atoms with Crippen molar-refractivity contribution in [2.45, 2.75) is 19.6 Å². The van der Waals surface area contributed by atoms with Crippen molar-refractivity contribution in [1.82, 2.24) is 14.5 Å². The van der Waals surface area contributed by atoms with Gasteiger partial charge in [-0.25, -0.2) is 4.98 Å². The van der Waals surface area contributed by atoms with Gasteiger partial charge in [0.1, 0.15) is 24.3 Å². The normalized spacial score (nSPS) is 15.7. The fourth-order valence-corrected chi connectivity index (χ4v) is 3.98. The summed E-state index contributed by atoms with van der Waals surface area (Å²) in [5.41, 5.74) is 9.14. The van der Waals surface area contributed by atoms with Crippen LogP contribution in [0.2, 0.25) is 0 Å². The van der Waals surface area contributed by atoms with Gasteiger partial charge in [-0.15, -0.1) is 0 Å². The van der Waals surface area contributed by atoms with Gasteiger partial charge in [0.15, 0.2) is 0 Å². The first kappa shape index (κ1) is 22.3. The average molecular weight is 433 g/mol. The van der Waals surface area contributed by atoms with Gasteiger partial charge in [0, 0.05) is 38.6 Å². The van der Waals surface area contributed by atoms with Gasteiger partial charge in [0.2, 0.25) is 0 Å². The maximum atomic E-state index is 9.74. The summed E-state index contributed by atoms with van der Waals surface area (Å²) in [5.74, 6) is 2.24. The van der Waals surface area contributed by atoms with Crippen LogP contribution >= 0.6 is 0 Å². The number of allylic oxidation sites excluding steroid dienone is 1. The minimum atomic E-state index is -0.570. The number of hydrogen-bond donors (Lipinski definition) is 2. The molecule has 2 heterocycles. The Balaban J connectivity index is 1.26. The van der Waals surface area contributed by atoms with E-state index in [1.54, 1.807) is 13.1 Å². The molecule has 3 N–H and O–H groups in total. The lowest BCUT2D eigenvalue weighted by Crippen LogP contribution is -2.50. The van der Waals surface area contributed by atoms with Crippen LogP contribution in [0.3, 0.4) is 0 Å². The molecule has 4 rings (SSSR count). The molecule has 1 aliphatic heterocycles. The SMILES string of the molecule is C[C@H](O)c1nccn1CC=Cc1ccc(-c2ccc(OCCN3CC(CN)C3)cc2)cc1. The highest BCUT2D eigenvalue weighted by Crippen LogP contribution is 2.23. The van der Waals surface area contributed by atoms with Crippen molar-refractivity contribution in [1.29, 1.82) is 0 Å². The number of aromatic nitrogens is 2. The molecule has 0 unspecified atom stereocenters. The van der Waals surface area contributed by atoms with E-state index in [4.69, 9.17) is 10.5 Å². The number of hydrogen-bond acceptors (Lipinski definition) is 5.